The fourth-order valence-electron chi connectivity index (χ4n) is 3.71. The first-order valence-electron chi connectivity index (χ1n) is 11.4. The van der Waals surface area contributed by atoms with Crippen LogP contribution in [-0.2, 0) is 0 Å². The quantitative estimate of drug-likeness (QED) is 0.257. The molecule has 0 spiro atoms. The van der Waals surface area contributed by atoms with Gasteiger partial charge >= 0.3 is 0 Å². The van der Waals surface area contributed by atoms with E-state index in [1.54, 1.807) is 12.3 Å². The Bertz CT molecular complexity index is 1390. The first-order chi connectivity index (χ1) is 15.9. The lowest BCUT2D eigenvalue weighted by atomic mass is 10.0. The van der Waals surface area contributed by atoms with Gasteiger partial charge in [-0.25, -0.2) is 4.98 Å². The number of hydrogen-bond donors (Lipinski definition) is 0. The van der Waals surface area contributed by atoms with E-state index in [9.17, 15) is 4.79 Å². The summed E-state index contributed by atoms with van der Waals surface area (Å²) in [6, 6.07) is 17.7. The van der Waals surface area contributed by atoms with E-state index in [2.05, 4.69) is 48.8 Å². The molecule has 0 unspecified atom stereocenters. The fraction of sp³-hybridized carbons (Fsp3) is 0.296. The third-order valence-corrected chi connectivity index (χ3v) is 6.52. The largest absolute Gasteiger partial charge is 0.490 e. The van der Waals surface area contributed by atoms with Gasteiger partial charge in [0.25, 0.3) is 5.56 Å². The predicted octanol–water partition coefficient (Wildman–Crippen LogP) is 6.89. The van der Waals surface area contributed by atoms with Crippen molar-refractivity contribution in [2.45, 2.75) is 52.6 Å². The Labute approximate surface area is 202 Å². The second-order valence-corrected chi connectivity index (χ2v) is 9.25. The van der Waals surface area contributed by atoms with Crippen LogP contribution in [0.15, 0.2) is 69.0 Å². The molecule has 33 heavy (non-hydrogen) atoms. The molecule has 0 N–H and O–H groups in total. The van der Waals surface area contributed by atoms with Gasteiger partial charge in [0.2, 0.25) is 0 Å². The molecule has 0 bridgehead atoms. The number of ether oxygens (including phenoxy) is 1. The van der Waals surface area contributed by atoms with E-state index in [1.807, 2.05) is 43.3 Å². The normalized spacial score (nSPS) is 13.6. The highest BCUT2D eigenvalue weighted by molar-refractivity contribution is 9.10. The molecule has 1 heterocycles. The van der Waals surface area contributed by atoms with Gasteiger partial charge < -0.3 is 4.74 Å². The summed E-state index contributed by atoms with van der Waals surface area (Å²) in [7, 11) is 0. The predicted molar refractivity (Wildman–Crippen MR) is 140 cm³/mol. The summed E-state index contributed by atoms with van der Waals surface area (Å²) in [5.41, 5.74) is 1.35. The summed E-state index contributed by atoms with van der Waals surface area (Å²) in [5, 5.41) is 7.33. The summed E-state index contributed by atoms with van der Waals surface area (Å²) in [5.74, 6) is 1.48. The summed E-state index contributed by atoms with van der Waals surface area (Å²) in [4.78, 5) is 18.3. The molecule has 0 aliphatic carbocycles. The van der Waals surface area contributed by atoms with Crippen LogP contribution < -0.4 is 10.3 Å². The first-order valence-corrected chi connectivity index (χ1v) is 12.2. The minimum absolute atomic E-state index is 0.0661. The zero-order valence-electron chi connectivity index (χ0n) is 19.4. The highest BCUT2D eigenvalue weighted by atomic mass is 79.9. The Morgan fingerprint density at radius 3 is 2.61 bits per heavy atom. The Morgan fingerprint density at radius 2 is 1.85 bits per heavy atom. The smallest absolute Gasteiger partial charge is 0.282 e. The second-order valence-electron chi connectivity index (χ2n) is 8.34. The molecule has 4 rings (SSSR count). The zero-order chi connectivity index (χ0) is 23.5. The van der Waals surface area contributed by atoms with Gasteiger partial charge in [0.15, 0.2) is 0 Å². The molecule has 0 radical (unpaired) electrons. The maximum absolute atomic E-state index is 13.5. The van der Waals surface area contributed by atoms with E-state index in [0.29, 0.717) is 16.7 Å². The van der Waals surface area contributed by atoms with Crippen LogP contribution in [0.3, 0.4) is 0 Å². The molecule has 0 aliphatic rings. The van der Waals surface area contributed by atoms with Crippen molar-refractivity contribution in [2.24, 2.45) is 5.10 Å². The van der Waals surface area contributed by atoms with Crippen LogP contribution in [0.2, 0.25) is 0 Å². The number of rotatable bonds is 7. The zero-order valence-corrected chi connectivity index (χ0v) is 21.0. The molecule has 170 valence electrons. The minimum atomic E-state index is -0.183. The van der Waals surface area contributed by atoms with Crippen molar-refractivity contribution in [2.75, 3.05) is 0 Å². The molecular formula is C27H28BrN3O2. The molecule has 1 aromatic heterocycles. The van der Waals surface area contributed by atoms with E-state index in [1.165, 1.54) is 4.68 Å². The molecule has 0 fully saturated rings. The van der Waals surface area contributed by atoms with E-state index in [0.717, 1.165) is 39.4 Å². The van der Waals surface area contributed by atoms with Crippen molar-refractivity contribution >= 4 is 43.8 Å². The molecule has 3 aromatic carbocycles. The summed E-state index contributed by atoms with van der Waals surface area (Å²) in [6.45, 7) is 8.29. The Hall–Kier alpha value is -2.99. The lowest BCUT2D eigenvalue weighted by Gasteiger charge is -2.17. The SMILES string of the molecule is CC[C@@H](C)Oc1ccc2ccccc2c1C=Nn1c([C@@H](C)CC)nc2ccc(Br)cc2c1=O. The monoisotopic (exact) mass is 505 g/mol. The molecule has 2 atom stereocenters. The molecule has 0 aliphatic heterocycles. The van der Waals surface area contributed by atoms with E-state index in [-0.39, 0.29) is 17.6 Å². The van der Waals surface area contributed by atoms with Gasteiger partial charge in [0, 0.05) is 16.0 Å². The van der Waals surface area contributed by atoms with Crippen molar-refractivity contribution in [1.82, 2.24) is 9.66 Å². The highest BCUT2D eigenvalue weighted by Gasteiger charge is 2.16. The third kappa shape index (κ3) is 4.71. The lowest BCUT2D eigenvalue weighted by Crippen LogP contribution is -2.23. The van der Waals surface area contributed by atoms with Gasteiger partial charge in [-0.05, 0) is 54.8 Å². The van der Waals surface area contributed by atoms with Crippen LogP contribution in [0.5, 0.6) is 5.75 Å². The van der Waals surface area contributed by atoms with Crippen molar-refractivity contribution < 1.29 is 4.74 Å². The number of hydrogen-bond acceptors (Lipinski definition) is 4. The number of aromatic nitrogens is 2. The molecule has 0 saturated carbocycles. The highest BCUT2D eigenvalue weighted by Crippen LogP contribution is 2.28. The minimum Gasteiger partial charge on any atom is -0.490 e. The van der Waals surface area contributed by atoms with Crippen molar-refractivity contribution in [3.8, 4) is 5.75 Å². The van der Waals surface area contributed by atoms with Gasteiger partial charge in [0.1, 0.15) is 11.6 Å². The van der Waals surface area contributed by atoms with Gasteiger partial charge in [-0.1, -0.05) is 67.0 Å². The maximum Gasteiger partial charge on any atom is 0.282 e. The number of nitrogens with zero attached hydrogens (tertiary/aromatic N) is 3. The maximum atomic E-state index is 13.5. The standard InChI is InChI=1S/C27H28BrN3O2/c1-5-17(3)26-30-24-13-12-20(28)15-22(24)27(32)31(26)29-16-23-21-10-8-7-9-19(21)11-14-25(23)33-18(4)6-2/h7-18H,5-6H2,1-4H3/t17-,18+/m0/s1. The summed E-state index contributed by atoms with van der Waals surface area (Å²) in [6.07, 6.45) is 3.54. The molecule has 0 saturated heterocycles. The molecule has 5 nitrogen and oxygen atoms in total. The Kier molecular flexibility index (Phi) is 6.94. The van der Waals surface area contributed by atoms with Crippen LogP contribution >= 0.6 is 15.9 Å². The van der Waals surface area contributed by atoms with Crippen LogP contribution in [0.4, 0.5) is 0 Å². The average Bonchev–Trinajstić information content (AvgIpc) is 2.83. The first kappa shape index (κ1) is 23.2. The topological polar surface area (TPSA) is 56.5 Å². The Balaban J connectivity index is 1.93. The van der Waals surface area contributed by atoms with Gasteiger partial charge in [-0.15, -0.1) is 0 Å². The van der Waals surface area contributed by atoms with E-state index < -0.39 is 0 Å². The molecule has 6 heteroatoms. The second kappa shape index (κ2) is 9.87. The molecule has 0 amide bonds. The number of benzene rings is 3. The van der Waals surface area contributed by atoms with Gasteiger partial charge in [0.05, 0.1) is 23.2 Å². The molecule has 4 aromatic rings. The van der Waals surface area contributed by atoms with E-state index >= 15 is 0 Å². The lowest BCUT2D eigenvalue weighted by molar-refractivity contribution is 0.217. The number of halogens is 1. The van der Waals surface area contributed by atoms with Gasteiger partial charge in [-0.3, -0.25) is 4.79 Å². The average molecular weight is 506 g/mol. The van der Waals surface area contributed by atoms with Crippen LogP contribution in [-0.4, -0.2) is 22.0 Å². The van der Waals surface area contributed by atoms with Gasteiger partial charge in [-0.2, -0.15) is 9.78 Å². The third-order valence-electron chi connectivity index (χ3n) is 6.02. The van der Waals surface area contributed by atoms with Crippen molar-refractivity contribution in [3.63, 3.8) is 0 Å². The van der Waals surface area contributed by atoms with Crippen molar-refractivity contribution in [1.29, 1.82) is 0 Å². The number of fused-ring (bicyclic) bond motifs is 2. The van der Waals surface area contributed by atoms with Crippen molar-refractivity contribution in [3.05, 3.63) is 80.8 Å². The van der Waals surface area contributed by atoms with E-state index in [4.69, 9.17) is 14.8 Å². The van der Waals surface area contributed by atoms with Crippen LogP contribution in [0.25, 0.3) is 21.7 Å². The molecular weight excluding hydrogens is 478 g/mol. The Morgan fingerprint density at radius 1 is 1.06 bits per heavy atom. The summed E-state index contributed by atoms with van der Waals surface area (Å²) < 4.78 is 8.48. The fourth-order valence-corrected chi connectivity index (χ4v) is 4.07. The summed E-state index contributed by atoms with van der Waals surface area (Å²) >= 11 is 3.46. The van der Waals surface area contributed by atoms with Crippen LogP contribution in [0, 0.1) is 0 Å². The van der Waals surface area contributed by atoms with Crippen LogP contribution in [0.1, 0.15) is 57.8 Å².